The summed E-state index contributed by atoms with van der Waals surface area (Å²) in [5, 5.41) is 37.7. The Labute approximate surface area is 663 Å². The third-order valence-corrected chi connectivity index (χ3v) is 15.1. The van der Waals surface area contributed by atoms with Gasteiger partial charge >= 0.3 is 181 Å². The van der Waals surface area contributed by atoms with Gasteiger partial charge in [0.05, 0.1) is 9.79 Å². The summed E-state index contributed by atoms with van der Waals surface area (Å²) in [6.07, 6.45) is -1.67. The van der Waals surface area contributed by atoms with E-state index in [4.69, 9.17) is 67.7 Å². The van der Waals surface area contributed by atoms with Crippen LogP contribution in [0.15, 0.2) is 183 Å². The Balaban J connectivity index is -0.000000330. The second kappa shape index (κ2) is 47.5. The summed E-state index contributed by atoms with van der Waals surface area (Å²) in [5.41, 5.74) is 3.91. The van der Waals surface area contributed by atoms with E-state index in [2.05, 4.69) is 8.37 Å². The van der Waals surface area contributed by atoms with Crippen molar-refractivity contribution in [3.63, 3.8) is 0 Å². The first-order valence-electron chi connectivity index (χ1n) is 23.4. The van der Waals surface area contributed by atoms with Crippen molar-refractivity contribution in [3.8, 4) is 0 Å². The minimum Gasteiger partial charge on any atom is -1.00 e. The number of aldehydes is 4. The van der Waals surface area contributed by atoms with Crippen LogP contribution < -0.4 is 184 Å². The fourth-order valence-electron chi connectivity index (χ4n) is 5.64. The van der Waals surface area contributed by atoms with Gasteiger partial charge in [0.2, 0.25) is 19.4 Å². The predicted octanol–water partition coefficient (Wildman–Crippen LogP) is -7.18. The predicted molar refractivity (Wildman–Crippen MR) is 299 cm³/mol. The summed E-state index contributed by atoms with van der Waals surface area (Å²) >= 11 is 0. The molecule has 4 aromatic heterocycles. The molecule has 26 nitrogen and oxygen atoms in total. The van der Waals surface area contributed by atoms with Crippen LogP contribution in [0.25, 0.3) is 0 Å². The van der Waals surface area contributed by atoms with Gasteiger partial charge in [0.1, 0.15) is 34.5 Å². The third-order valence-electron chi connectivity index (χ3n) is 9.74. The molecule has 474 valence electrons. The number of hydrogen-bond acceptors (Lipinski definition) is 21. The summed E-state index contributed by atoms with van der Waals surface area (Å²) < 4.78 is 125. The van der Waals surface area contributed by atoms with Gasteiger partial charge in [0.25, 0.3) is 19.2 Å². The average Bonchev–Trinajstić information content (AvgIpc) is 3.33. The molecule has 0 spiro atoms. The number of carbonyl (C=O) groups excluding carboxylic acids is 4. The first kappa shape index (κ1) is 93.0. The van der Waals surface area contributed by atoms with E-state index < -0.39 is 51.7 Å². The van der Waals surface area contributed by atoms with Gasteiger partial charge in [-0.05, 0) is 125 Å². The first-order chi connectivity index (χ1) is 39.9. The van der Waals surface area contributed by atoms with Crippen LogP contribution in [0.3, 0.4) is 0 Å². The van der Waals surface area contributed by atoms with Gasteiger partial charge in [-0.15, -0.1) is 16.8 Å². The minimum atomic E-state index is -3.82. The second-order valence-electron chi connectivity index (χ2n) is 16.3. The van der Waals surface area contributed by atoms with Crippen LogP contribution in [-0.2, 0) is 70.0 Å². The topological polar surface area (TPSA) is 430 Å². The zero-order valence-electron chi connectivity index (χ0n) is 48.6. The van der Waals surface area contributed by atoms with Crippen molar-refractivity contribution in [2.75, 3.05) is 0 Å². The van der Waals surface area contributed by atoms with E-state index in [-0.39, 0.29) is 255 Å². The molecule has 0 atom stereocenters. The van der Waals surface area contributed by atoms with Gasteiger partial charge in [-0.2, -0.15) is 8.42 Å². The number of aliphatic hydroxyl groups excluding tert-OH is 1. The SMILES string of the molecule is Cc1ccc(S(=O)(=O)Cl)cc1.Cc1ccc(S(=O)(=O)OCc2ccc(C=O)o2)cc1.Cc1ccc(S(=O)(=O)[OH+]Cc2ccc(C=O)o2)cc1.Cc1ccc(S(=O)(=O)[OH+]Cc2ccc(C=O)o2)cc1.O=C(O)O.O=C([O-])O.O=Cc1ccc(CO)o1.[2HH].[Cl-].[Cl-].[K+].[K+].[K+]. The second-order valence-corrected chi connectivity index (χ2v) is 23.9. The molecule has 6 N–H and O–H groups in total. The van der Waals surface area contributed by atoms with E-state index >= 15 is 0 Å². The zero-order valence-corrected chi connectivity index (χ0v) is 63.5. The van der Waals surface area contributed by atoms with Crippen LogP contribution in [0.1, 0.15) is 88.9 Å². The fraction of sp³-hybridized carbons (Fsp3) is 0.148. The van der Waals surface area contributed by atoms with Gasteiger partial charge in [-0.1, -0.05) is 70.8 Å². The van der Waals surface area contributed by atoms with Crippen molar-refractivity contribution in [1.82, 2.24) is 0 Å². The molecule has 0 radical (unpaired) electrons. The normalized spacial score (nSPS) is 10.1. The minimum absolute atomic E-state index is 0. The van der Waals surface area contributed by atoms with E-state index in [0.29, 0.717) is 42.4 Å². The summed E-state index contributed by atoms with van der Waals surface area (Å²) in [7, 11) is -9.68. The van der Waals surface area contributed by atoms with Gasteiger partial charge in [-0.25, -0.2) is 13.2 Å². The molecule has 36 heteroatoms. The number of hydrogen-bond donors (Lipinski definition) is 4. The van der Waals surface area contributed by atoms with E-state index in [0.717, 1.165) is 22.3 Å². The molecule has 0 amide bonds. The van der Waals surface area contributed by atoms with E-state index in [1.807, 2.05) is 27.7 Å². The number of halogens is 3. The fourth-order valence-corrected chi connectivity index (χ4v) is 9.14. The van der Waals surface area contributed by atoms with E-state index in [1.54, 1.807) is 54.6 Å². The Hall–Kier alpha value is -3.36. The maximum atomic E-state index is 11.9. The van der Waals surface area contributed by atoms with E-state index in [9.17, 15) is 52.8 Å². The van der Waals surface area contributed by atoms with Crippen LogP contribution in [0, 0.1) is 27.7 Å². The van der Waals surface area contributed by atoms with Crippen LogP contribution in [0.4, 0.5) is 9.59 Å². The maximum absolute atomic E-state index is 11.9. The van der Waals surface area contributed by atoms with Crippen molar-refractivity contribution in [3.05, 3.63) is 214 Å². The Morgan fingerprint density at radius 2 is 0.711 bits per heavy atom. The van der Waals surface area contributed by atoms with Crippen molar-refractivity contribution >= 4 is 87.5 Å². The maximum Gasteiger partial charge on any atom is 1.00 e. The Morgan fingerprint density at radius 3 is 0.967 bits per heavy atom. The summed E-state index contributed by atoms with van der Waals surface area (Å²) in [4.78, 5) is 58.8. The van der Waals surface area contributed by atoms with Gasteiger partial charge < -0.3 is 81.2 Å². The molecule has 8 aromatic rings. The summed E-state index contributed by atoms with van der Waals surface area (Å²) in [6.45, 7) is 6.84. The first-order valence-corrected chi connectivity index (χ1v) is 30.0. The molecule has 4 aromatic carbocycles. The van der Waals surface area contributed by atoms with Crippen LogP contribution in [0.5, 0.6) is 0 Å². The molecule has 0 saturated carbocycles. The molecule has 0 bridgehead atoms. The quantitative estimate of drug-likeness (QED) is 0.0155. The summed E-state index contributed by atoms with van der Waals surface area (Å²) in [5.74, 6) is 2.03. The Morgan fingerprint density at radius 1 is 0.467 bits per heavy atom. The van der Waals surface area contributed by atoms with Crippen LogP contribution in [-0.4, -0.2) is 99.9 Å². The molecular weight excluding hydrogens is 1420 g/mol. The number of aryl methyl sites for hydroxylation is 4. The van der Waals surface area contributed by atoms with Crippen molar-refractivity contribution in [1.29, 1.82) is 0 Å². The van der Waals surface area contributed by atoms with Gasteiger partial charge in [0.15, 0.2) is 59.7 Å². The molecule has 0 unspecified atom stereocenters. The van der Waals surface area contributed by atoms with Crippen molar-refractivity contribution in [2.45, 2.75) is 73.7 Å². The molecule has 90 heavy (non-hydrogen) atoms. The molecule has 0 aliphatic rings. The van der Waals surface area contributed by atoms with Gasteiger partial charge in [0, 0.05) is 12.1 Å². The van der Waals surface area contributed by atoms with E-state index in [1.165, 1.54) is 91.0 Å². The van der Waals surface area contributed by atoms with Gasteiger partial charge in [-0.3, -0.25) is 23.4 Å². The summed E-state index contributed by atoms with van der Waals surface area (Å²) in [6, 6.07) is 37.6. The molecule has 0 saturated heterocycles. The molecule has 4 heterocycles. The van der Waals surface area contributed by atoms with Crippen LogP contribution in [0.2, 0.25) is 0 Å². The Bertz CT molecular complexity index is 3590. The molecule has 8 rings (SSSR count). The Kier molecular flexibility index (Phi) is 49.1. The molecule has 0 fully saturated rings. The molecular formula is C54H56Cl3K3O26S4+2. The molecule has 0 aliphatic heterocycles. The van der Waals surface area contributed by atoms with Crippen LogP contribution >= 0.6 is 10.7 Å². The average molecular weight is 1470 g/mol. The number of benzene rings is 4. The zero-order chi connectivity index (χ0) is 64.0. The third kappa shape index (κ3) is 38.1. The standard InChI is InChI=1S/3C13H12O5S.C7H7ClO2S.C6H6O3.2CH2O3.2ClH.3K.H2/c3*1-10-2-6-13(7-3-10)19(15,16)17-9-12-5-4-11(8-14)18-12;1-6-2-4-7(5-3-6)11(8,9)10;7-3-5-1-2-6(4-8)9-5;2*2-1(3)4;;;;;;/h3*2-8H,9H2,1H3;2-5H,1H3;1-3,8H,4H2;2*(H2,2,3,4);2*1H;;;;1H/q;;;;;;;;;3*+1;/p-1/i;;;;;;;;;;;;1+1. The monoisotopic (exact) mass is 1470 g/mol. The largest absolute Gasteiger partial charge is 1.00 e. The van der Waals surface area contributed by atoms with Crippen molar-refractivity contribution < 1.29 is 299 Å². The van der Waals surface area contributed by atoms with Crippen molar-refractivity contribution in [2.24, 2.45) is 0 Å². The smallest absolute Gasteiger partial charge is 1.00 e. The number of carboxylic acid groups (broad SMARTS) is 4. The number of aliphatic hydroxyl groups is 3. The number of furan rings is 4. The molecule has 0 aliphatic carbocycles. The number of rotatable bonds is 18. The number of carbonyl (C=O) groups is 6.